The normalized spacial score (nSPS) is 12.1. The Morgan fingerprint density at radius 3 is 2.59 bits per heavy atom. The zero-order chi connectivity index (χ0) is 19.8. The van der Waals surface area contributed by atoms with Crippen LogP contribution in [0.5, 0.6) is 5.75 Å². The molecule has 3 aromatic carbocycles. The van der Waals surface area contributed by atoms with Crippen molar-refractivity contribution in [3.63, 3.8) is 0 Å². The number of nitrogens with zero attached hydrogens (tertiary/aromatic N) is 2. The van der Waals surface area contributed by atoms with Gasteiger partial charge in [0.05, 0.1) is 15.6 Å². The monoisotopic (exact) mass is 418 g/mol. The standard InChI is InChI=1S/C23H15ClN2O2S/c24-18-6-2-1-5-16(18)14-28-17-11-9-15(10-12-17)13-21-22(27)26-20-8-4-3-7-19(20)25-23(26)29-21/h1-13H,14H2/b21-13+. The molecule has 0 radical (unpaired) electrons. The largest absolute Gasteiger partial charge is 0.489 e. The van der Waals surface area contributed by atoms with E-state index in [-0.39, 0.29) is 5.56 Å². The number of rotatable bonds is 4. The van der Waals surface area contributed by atoms with Crippen molar-refractivity contribution in [3.05, 3.63) is 104 Å². The van der Waals surface area contributed by atoms with Crippen molar-refractivity contribution in [2.24, 2.45) is 0 Å². The first kappa shape index (κ1) is 17.9. The van der Waals surface area contributed by atoms with Crippen LogP contribution in [0.2, 0.25) is 5.02 Å². The van der Waals surface area contributed by atoms with Crippen molar-refractivity contribution in [3.8, 4) is 5.75 Å². The first-order valence-corrected chi connectivity index (χ1v) is 10.3. The summed E-state index contributed by atoms with van der Waals surface area (Å²) < 4.78 is 8.14. The van der Waals surface area contributed by atoms with Crippen LogP contribution in [0, 0.1) is 0 Å². The molecule has 0 amide bonds. The van der Waals surface area contributed by atoms with E-state index in [0.29, 0.717) is 21.1 Å². The second kappa shape index (κ2) is 7.35. The van der Waals surface area contributed by atoms with Gasteiger partial charge in [0.1, 0.15) is 12.4 Å². The number of ether oxygens (including phenoxy) is 1. The van der Waals surface area contributed by atoms with E-state index in [1.165, 1.54) is 11.3 Å². The van der Waals surface area contributed by atoms with Gasteiger partial charge in [-0.25, -0.2) is 9.38 Å². The molecule has 29 heavy (non-hydrogen) atoms. The quantitative estimate of drug-likeness (QED) is 0.425. The van der Waals surface area contributed by atoms with Gasteiger partial charge >= 0.3 is 0 Å². The van der Waals surface area contributed by atoms with Gasteiger partial charge in [-0.1, -0.05) is 65.4 Å². The van der Waals surface area contributed by atoms with E-state index in [0.717, 1.165) is 27.9 Å². The smallest absolute Gasteiger partial charge is 0.274 e. The number of fused-ring (bicyclic) bond motifs is 3. The van der Waals surface area contributed by atoms with E-state index in [1.807, 2.05) is 78.9 Å². The van der Waals surface area contributed by atoms with Crippen molar-refractivity contribution in [1.29, 1.82) is 0 Å². The summed E-state index contributed by atoms with van der Waals surface area (Å²) in [5, 5.41) is 0.690. The van der Waals surface area contributed by atoms with Gasteiger partial charge in [-0.15, -0.1) is 0 Å². The van der Waals surface area contributed by atoms with E-state index >= 15 is 0 Å². The van der Waals surface area contributed by atoms with E-state index in [4.69, 9.17) is 16.3 Å². The van der Waals surface area contributed by atoms with Crippen LogP contribution >= 0.6 is 22.9 Å². The fraction of sp³-hybridized carbons (Fsp3) is 0.0435. The lowest BCUT2D eigenvalue weighted by molar-refractivity contribution is 0.306. The number of halogens is 1. The summed E-state index contributed by atoms with van der Waals surface area (Å²) in [5.41, 5.74) is 3.50. The molecule has 2 heterocycles. The van der Waals surface area contributed by atoms with Crippen LogP contribution in [0.15, 0.2) is 77.6 Å². The number of imidazole rings is 1. The summed E-state index contributed by atoms with van der Waals surface area (Å²) in [6, 6.07) is 22.9. The fourth-order valence-corrected chi connectivity index (χ4v) is 4.38. The zero-order valence-corrected chi connectivity index (χ0v) is 16.8. The summed E-state index contributed by atoms with van der Waals surface area (Å²) in [7, 11) is 0. The van der Waals surface area contributed by atoms with Gasteiger partial charge in [-0.05, 0) is 42.0 Å². The number of hydrogen-bond donors (Lipinski definition) is 0. The summed E-state index contributed by atoms with van der Waals surface area (Å²) in [5.74, 6) is 0.747. The number of para-hydroxylation sites is 2. The summed E-state index contributed by atoms with van der Waals surface area (Å²) in [6.07, 6.45) is 1.88. The minimum absolute atomic E-state index is 0.0438. The SMILES string of the molecule is O=c1/c(=C\c2ccc(OCc3ccccc3Cl)cc2)sc2nc3ccccc3n12. The van der Waals surface area contributed by atoms with Crippen LogP contribution in [0.3, 0.4) is 0 Å². The van der Waals surface area contributed by atoms with Crippen LogP contribution in [-0.2, 0) is 6.61 Å². The zero-order valence-electron chi connectivity index (χ0n) is 15.2. The van der Waals surface area contributed by atoms with Crippen molar-refractivity contribution >= 4 is 45.0 Å². The molecule has 0 atom stereocenters. The molecule has 4 nitrogen and oxygen atoms in total. The molecule has 0 spiro atoms. The Labute approximate surface area is 175 Å². The van der Waals surface area contributed by atoms with Crippen LogP contribution in [-0.4, -0.2) is 9.38 Å². The molecule has 0 aliphatic rings. The molecule has 5 aromatic rings. The van der Waals surface area contributed by atoms with Crippen LogP contribution < -0.4 is 14.8 Å². The fourth-order valence-electron chi connectivity index (χ4n) is 3.20. The highest BCUT2D eigenvalue weighted by atomic mass is 35.5. The van der Waals surface area contributed by atoms with Gasteiger partial charge in [0.25, 0.3) is 5.56 Å². The lowest BCUT2D eigenvalue weighted by Gasteiger charge is -2.07. The maximum Gasteiger partial charge on any atom is 0.274 e. The lowest BCUT2D eigenvalue weighted by Crippen LogP contribution is -2.22. The molecule has 0 aliphatic heterocycles. The predicted molar refractivity (Wildman–Crippen MR) is 118 cm³/mol. The lowest BCUT2D eigenvalue weighted by atomic mass is 10.2. The van der Waals surface area contributed by atoms with Gasteiger partial charge < -0.3 is 4.74 Å². The maximum absolute atomic E-state index is 12.8. The molecule has 0 saturated heterocycles. The molecular weight excluding hydrogens is 404 g/mol. The molecule has 2 aromatic heterocycles. The van der Waals surface area contributed by atoms with Crippen molar-refractivity contribution in [2.45, 2.75) is 6.61 Å². The average molecular weight is 419 g/mol. The summed E-state index contributed by atoms with van der Waals surface area (Å²) in [6.45, 7) is 0.405. The Morgan fingerprint density at radius 2 is 1.76 bits per heavy atom. The molecule has 5 rings (SSSR count). The van der Waals surface area contributed by atoms with E-state index in [2.05, 4.69) is 4.98 Å². The molecule has 0 aliphatic carbocycles. The molecule has 0 N–H and O–H groups in total. The van der Waals surface area contributed by atoms with E-state index < -0.39 is 0 Å². The van der Waals surface area contributed by atoms with E-state index in [1.54, 1.807) is 4.40 Å². The molecule has 0 saturated carbocycles. The molecule has 0 bridgehead atoms. The molecule has 0 fully saturated rings. The van der Waals surface area contributed by atoms with Gasteiger partial charge in [-0.2, -0.15) is 0 Å². The molecule has 142 valence electrons. The third-order valence-corrected chi connectivity index (χ3v) is 6.01. The van der Waals surface area contributed by atoms with Gasteiger partial charge in [-0.3, -0.25) is 4.79 Å². The Morgan fingerprint density at radius 1 is 1.00 bits per heavy atom. The first-order valence-electron chi connectivity index (χ1n) is 9.07. The van der Waals surface area contributed by atoms with E-state index in [9.17, 15) is 4.79 Å². The molecular formula is C23H15ClN2O2S. The molecule has 6 heteroatoms. The van der Waals surface area contributed by atoms with Gasteiger partial charge in [0, 0.05) is 10.6 Å². The number of benzene rings is 3. The Balaban J connectivity index is 1.42. The predicted octanol–water partition coefficient (Wildman–Crippen LogP) is 4.69. The highest BCUT2D eigenvalue weighted by Crippen LogP contribution is 2.19. The van der Waals surface area contributed by atoms with Crippen molar-refractivity contribution in [1.82, 2.24) is 9.38 Å². The highest BCUT2D eigenvalue weighted by Gasteiger charge is 2.10. The summed E-state index contributed by atoms with van der Waals surface area (Å²) >= 11 is 7.56. The third-order valence-electron chi connectivity index (χ3n) is 4.68. The second-order valence-corrected chi connectivity index (χ2v) is 8.00. The van der Waals surface area contributed by atoms with Crippen molar-refractivity contribution < 1.29 is 4.74 Å². The third kappa shape index (κ3) is 3.39. The minimum atomic E-state index is -0.0438. The maximum atomic E-state index is 12.8. The van der Waals surface area contributed by atoms with Crippen molar-refractivity contribution in [2.75, 3.05) is 0 Å². The van der Waals surface area contributed by atoms with Crippen LogP contribution in [0.1, 0.15) is 11.1 Å². The minimum Gasteiger partial charge on any atom is -0.489 e. The topological polar surface area (TPSA) is 43.6 Å². The average Bonchev–Trinajstić information content (AvgIpc) is 3.25. The first-order chi connectivity index (χ1) is 14.2. The number of aromatic nitrogens is 2. The number of hydrogen-bond acceptors (Lipinski definition) is 4. The highest BCUT2D eigenvalue weighted by molar-refractivity contribution is 7.15. The summed E-state index contributed by atoms with van der Waals surface area (Å²) in [4.78, 5) is 18.1. The number of thiazole rings is 1. The molecule has 0 unspecified atom stereocenters. The van der Waals surface area contributed by atoms with Gasteiger partial charge in [0.2, 0.25) is 0 Å². The Bertz CT molecular complexity index is 1440. The van der Waals surface area contributed by atoms with Crippen LogP contribution in [0.25, 0.3) is 22.1 Å². The van der Waals surface area contributed by atoms with Gasteiger partial charge in [0.15, 0.2) is 4.96 Å². The van der Waals surface area contributed by atoms with Crippen LogP contribution in [0.4, 0.5) is 0 Å². The Kier molecular flexibility index (Phi) is 4.54. The Hall–Kier alpha value is -3.15. The second-order valence-electron chi connectivity index (χ2n) is 6.58.